The van der Waals surface area contributed by atoms with E-state index in [4.69, 9.17) is 0 Å². The van der Waals surface area contributed by atoms with Gasteiger partial charge in [0.15, 0.2) is 0 Å². The number of likely N-dealkylation sites (N-methyl/N-ethyl adjacent to an activating group) is 1. The molecule has 1 heterocycles. The minimum atomic E-state index is 0.251. The summed E-state index contributed by atoms with van der Waals surface area (Å²) in [5, 5.41) is 3.28. The molecule has 1 N–H and O–H groups in total. The average Bonchev–Trinajstić information content (AvgIpc) is 2.79. The van der Waals surface area contributed by atoms with E-state index in [1.807, 2.05) is 13.2 Å². The second kappa shape index (κ2) is 5.18. The van der Waals surface area contributed by atoms with Crippen LogP contribution >= 0.6 is 11.7 Å². The zero-order chi connectivity index (χ0) is 11.4. The third-order valence-corrected chi connectivity index (χ3v) is 3.10. The Morgan fingerprint density at radius 1 is 1.44 bits per heavy atom. The van der Waals surface area contributed by atoms with Gasteiger partial charge >= 0.3 is 0 Å². The van der Waals surface area contributed by atoms with Crippen molar-refractivity contribution in [3.8, 4) is 0 Å². The van der Waals surface area contributed by atoms with E-state index in [0.29, 0.717) is 0 Å². The first-order chi connectivity index (χ1) is 7.79. The van der Waals surface area contributed by atoms with Crippen molar-refractivity contribution in [2.45, 2.75) is 19.4 Å². The summed E-state index contributed by atoms with van der Waals surface area (Å²) in [7, 11) is 1.96. The SMILES string of the molecule is CNC(Cc1cccc(C)c1)c1cnsn1. The van der Waals surface area contributed by atoms with Crippen LogP contribution in [0.15, 0.2) is 30.5 Å². The maximum atomic E-state index is 4.27. The molecule has 0 saturated heterocycles. The van der Waals surface area contributed by atoms with Crippen molar-refractivity contribution in [3.05, 3.63) is 47.3 Å². The standard InChI is InChI=1S/C12H15N3S/c1-9-4-3-5-10(6-9)7-11(13-2)12-8-14-16-15-12/h3-6,8,11,13H,7H2,1-2H3. The molecule has 84 valence electrons. The molecule has 2 rings (SSSR count). The Morgan fingerprint density at radius 2 is 2.31 bits per heavy atom. The predicted molar refractivity (Wildman–Crippen MR) is 66.6 cm³/mol. The van der Waals surface area contributed by atoms with Crippen LogP contribution in [0.5, 0.6) is 0 Å². The molecule has 3 nitrogen and oxygen atoms in total. The first-order valence-corrected chi connectivity index (χ1v) is 6.03. The molecular formula is C12H15N3S. The predicted octanol–water partition coefficient (Wildman–Crippen LogP) is 2.35. The summed E-state index contributed by atoms with van der Waals surface area (Å²) in [6.45, 7) is 2.11. The largest absolute Gasteiger partial charge is 0.311 e. The van der Waals surface area contributed by atoms with Crippen molar-refractivity contribution in [2.75, 3.05) is 7.05 Å². The van der Waals surface area contributed by atoms with Crippen molar-refractivity contribution in [3.63, 3.8) is 0 Å². The highest BCUT2D eigenvalue weighted by atomic mass is 32.1. The van der Waals surface area contributed by atoms with Crippen LogP contribution in [0.25, 0.3) is 0 Å². The molecule has 1 unspecified atom stereocenters. The minimum Gasteiger partial charge on any atom is -0.311 e. The van der Waals surface area contributed by atoms with Gasteiger partial charge in [0.05, 0.1) is 29.7 Å². The molecule has 0 spiro atoms. The number of nitrogens with one attached hydrogen (secondary N) is 1. The van der Waals surface area contributed by atoms with Crippen LogP contribution in [0.3, 0.4) is 0 Å². The summed E-state index contributed by atoms with van der Waals surface area (Å²) >= 11 is 1.26. The highest BCUT2D eigenvalue weighted by Crippen LogP contribution is 2.17. The molecule has 2 aromatic rings. The number of rotatable bonds is 4. The maximum absolute atomic E-state index is 4.27. The van der Waals surface area contributed by atoms with E-state index < -0.39 is 0 Å². The van der Waals surface area contributed by atoms with Gasteiger partial charge in [-0.3, -0.25) is 0 Å². The van der Waals surface area contributed by atoms with Gasteiger partial charge in [-0.15, -0.1) is 0 Å². The van der Waals surface area contributed by atoms with Gasteiger partial charge in [-0.2, -0.15) is 8.75 Å². The van der Waals surface area contributed by atoms with Gasteiger partial charge in [-0.05, 0) is 26.0 Å². The minimum absolute atomic E-state index is 0.251. The number of aromatic nitrogens is 2. The summed E-state index contributed by atoms with van der Waals surface area (Å²) in [6.07, 6.45) is 2.78. The molecular weight excluding hydrogens is 218 g/mol. The van der Waals surface area contributed by atoms with Crippen LogP contribution in [-0.4, -0.2) is 15.8 Å². The molecule has 0 saturated carbocycles. The lowest BCUT2D eigenvalue weighted by molar-refractivity contribution is 0.580. The Balaban J connectivity index is 2.13. The zero-order valence-electron chi connectivity index (χ0n) is 9.47. The van der Waals surface area contributed by atoms with Gasteiger partial charge in [-0.25, -0.2) is 0 Å². The monoisotopic (exact) mass is 233 g/mol. The molecule has 16 heavy (non-hydrogen) atoms. The summed E-state index contributed by atoms with van der Waals surface area (Å²) < 4.78 is 8.31. The molecule has 1 aromatic heterocycles. The van der Waals surface area contributed by atoms with E-state index in [-0.39, 0.29) is 6.04 Å². The molecule has 4 heteroatoms. The fraction of sp³-hybridized carbons (Fsp3) is 0.333. The molecule has 0 amide bonds. The lowest BCUT2D eigenvalue weighted by Gasteiger charge is -2.13. The van der Waals surface area contributed by atoms with E-state index in [9.17, 15) is 0 Å². The fourth-order valence-electron chi connectivity index (χ4n) is 1.75. The van der Waals surface area contributed by atoms with Crippen LogP contribution in [-0.2, 0) is 6.42 Å². The summed E-state index contributed by atoms with van der Waals surface area (Å²) in [4.78, 5) is 0. The highest BCUT2D eigenvalue weighted by molar-refractivity contribution is 6.99. The van der Waals surface area contributed by atoms with Crippen LogP contribution in [0.1, 0.15) is 22.9 Å². The van der Waals surface area contributed by atoms with Gasteiger partial charge in [0.1, 0.15) is 0 Å². The molecule has 0 aliphatic heterocycles. The molecule has 1 aromatic carbocycles. The molecule has 0 aliphatic carbocycles. The Morgan fingerprint density at radius 3 is 2.94 bits per heavy atom. The number of hydrogen-bond donors (Lipinski definition) is 1. The van der Waals surface area contributed by atoms with E-state index in [1.54, 1.807) is 0 Å². The third kappa shape index (κ3) is 2.65. The quantitative estimate of drug-likeness (QED) is 0.881. The van der Waals surface area contributed by atoms with Gasteiger partial charge in [-0.1, -0.05) is 29.8 Å². The van der Waals surface area contributed by atoms with Gasteiger partial charge in [0, 0.05) is 0 Å². The van der Waals surface area contributed by atoms with Crippen molar-refractivity contribution in [1.82, 2.24) is 14.1 Å². The third-order valence-electron chi connectivity index (χ3n) is 2.61. The summed E-state index contributed by atoms with van der Waals surface area (Å²) in [6, 6.07) is 8.82. The van der Waals surface area contributed by atoms with Gasteiger partial charge in [0.25, 0.3) is 0 Å². The molecule has 0 bridgehead atoms. The smallest absolute Gasteiger partial charge is 0.0915 e. The van der Waals surface area contributed by atoms with Crippen LogP contribution < -0.4 is 5.32 Å². The number of aryl methyl sites for hydroxylation is 1. The number of nitrogens with zero attached hydrogens (tertiary/aromatic N) is 2. The first-order valence-electron chi connectivity index (χ1n) is 5.30. The second-order valence-electron chi connectivity index (χ2n) is 3.87. The highest BCUT2D eigenvalue weighted by Gasteiger charge is 2.12. The zero-order valence-corrected chi connectivity index (χ0v) is 10.3. The van der Waals surface area contributed by atoms with Crippen LogP contribution in [0.2, 0.25) is 0 Å². The number of hydrogen-bond acceptors (Lipinski definition) is 4. The van der Waals surface area contributed by atoms with Crippen LogP contribution in [0, 0.1) is 6.92 Å². The Labute approximate surface area is 99.9 Å². The Bertz CT molecular complexity index is 439. The van der Waals surface area contributed by atoms with E-state index in [1.165, 1.54) is 22.9 Å². The fourth-order valence-corrected chi connectivity index (χ4v) is 2.23. The van der Waals surface area contributed by atoms with E-state index in [2.05, 4.69) is 45.3 Å². The normalized spacial score (nSPS) is 12.6. The van der Waals surface area contributed by atoms with Gasteiger partial charge < -0.3 is 5.32 Å². The second-order valence-corrected chi connectivity index (χ2v) is 4.42. The van der Waals surface area contributed by atoms with E-state index >= 15 is 0 Å². The molecule has 1 atom stereocenters. The lowest BCUT2D eigenvalue weighted by atomic mass is 10.0. The maximum Gasteiger partial charge on any atom is 0.0915 e. The average molecular weight is 233 g/mol. The number of benzene rings is 1. The molecule has 0 fully saturated rings. The lowest BCUT2D eigenvalue weighted by Crippen LogP contribution is -2.19. The first kappa shape index (κ1) is 11.2. The van der Waals surface area contributed by atoms with Crippen LogP contribution in [0.4, 0.5) is 0 Å². The topological polar surface area (TPSA) is 37.8 Å². The molecule has 0 aliphatic rings. The summed E-state index contributed by atoms with van der Waals surface area (Å²) in [5.74, 6) is 0. The van der Waals surface area contributed by atoms with Crippen molar-refractivity contribution in [1.29, 1.82) is 0 Å². The van der Waals surface area contributed by atoms with Crippen molar-refractivity contribution in [2.24, 2.45) is 0 Å². The van der Waals surface area contributed by atoms with Crippen molar-refractivity contribution >= 4 is 11.7 Å². The Hall–Kier alpha value is -1.26. The Kier molecular flexibility index (Phi) is 3.64. The van der Waals surface area contributed by atoms with Crippen molar-refractivity contribution < 1.29 is 0 Å². The van der Waals surface area contributed by atoms with E-state index in [0.717, 1.165) is 12.1 Å². The summed E-state index contributed by atoms with van der Waals surface area (Å²) in [5.41, 5.74) is 3.64. The van der Waals surface area contributed by atoms with Gasteiger partial charge in [0.2, 0.25) is 0 Å². The molecule has 0 radical (unpaired) electrons.